The maximum absolute atomic E-state index is 12.9. The first kappa shape index (κ1) is 22.2. The first-order valence-corrected chi connectivity index (χ1v) is 10.4. The van der Waals surface area contributed by atoms with Crippen molar-refractivity contribution in [3.63, 3.8) is 0 Å². The third-order valence-electron chi connectivity index (χ3n) is 4.73. The number of halogens is 1. The topological polar surface area (TPSA) is 96.2 Å². The molecule has 33 heavy (non-hydrogen) atoms. The monoisotopic (exact) mass is 455 g/mol. The Labute approximate surface area is 189 Å². The molecule has 0 atom stereocenters. The molecule has 0 saturated carbocycles. The van der Waals surface area contributed by atoms with Crippen LogP contribution in [0.15, 0.2) is 59.0 Å². The first-order valence-electron chi connectivity index (χ1n) is 10.4. The van der Waals surface area contributed by atoms with Gasteiger partial charge in [-0.05, 0) is 60.5 Å². The molecule has 3 aromatic rings. The van der Waals surface area contributed by atoms with Gasteiger partial charge >= 0.3 is 5.97 Å². The van der Waals surface area contributed by atoms with Crippen LogP contribution in [0.1, 0.15) is 21.9 Å². The third-order valence-corrected chi connectivity index (χ3v) is 4.73. The molecule has 4 rings (SSSR count). The summed E-state index contributed by atoms with van der Waals surface area (Å²) in [5, 5.41) is 2.70. The Hall–Kier alpha value is -4.01. The minimum absolute atomic E-state index is 0.0446. The normalized spacial score (nSPS) is 12.2. The van der Waals surface area contributed by atoms with E-state index in [0.717, 1.165) is 5.56 Å². The Morgan fingerprint density at radius 3 is 2.58 bits per heavy atom. The summed E-state index contributed by atoms with van der Waals surface area (Å²) in [4.78, 5) is 24.1. The van der Waals surface area contributed by atoms with Gasteiger partial charge in [-0.15, -0.1) is 0 Å². The summed E-state index contributed by atoms with van der Waals surface area (Å²) < 4.78 is 39.8. The highest BCUT2D eigenvalue weighted by Gasteiger charge is 2.15. The number of carbonyl (C=O) groups excluding carboxylic acids is 2. The molecule has 0 spiro atoms. The van der Waals surface area contributed by atoms with Crippen LogP contribution in [0, 0.1) is 5.82 Å². The fourth-order valence-electron chi connectivity index (χ4n) is 3.09. The average molecular weight is 455 g/mol. The van der Waals surface area contributed by atoms with Crippen LogP contribution >= 0.6 is 0 Å². The highest BCUT2D eigenvalue weighted by Crippen LogP contribution is 2.30. The maximum atomic E-state index is 12.9. The summed E-state index contributed by atoms with van der Waals surface area (Å²) >= 11 is 0. The molecular weight excluding hydrogens is 433 g/mol. The molecule has 172 valence electrons. The van der Waals surface area contributed by atoms with Crippen molar-refractivity contribution in [1.82, 2.24) is 5.32 Å². The van der Waals surface area contributed by atoms with Crippen molar-refractivity contribution in [1.29, 1.82) is 0 Å². The van der Waals surface area contributed by atoms with E-state index in [0.29, 0.717) is 49.2 Å². The van der Waals surface area contributed by atoms with E-state index in [4.69, 9.17) is 23.4 Å². The van der Waals surface area contributed by atoms with Gasteiger partial charge in [-0.1, -0.05) is 6.07 Å². The molecule has 0 saturated heterocycles. The van der Waals surface area contributed by atoms with Crippen LogP contribution in [0.4, 0.5) is 4.39 Å². The summed E-state index contributed by atoms with van der Waals surface area (Å²) in [6.07, 6.45) is 0.589. The number of amides is 1. The zero-order valence-corrected chi connectivity index (χ0v) is 17.7. The molecule has 1 aromatic heterocycles. The summed E-state index contributed by atoms with van der Waals surface area (Å²) in [5.74, 6) is 0.663. The lowest BCUT2D eigenvalue weighted by Gasteiger charge is -2.18. The largest absolute Gasteiger partial charge is 0.486 e. The van der Waals surface area contributed by atoms with Crippen molar-refractivity contribution >= 4 is 11.9 Å². The number of hydrogen-bond donors (Lipinski definition) is 1. The lowest BCUT2D eigenvalue weighted by atomic mass is 10.1. The second kappa shape index (κ2) is 10.5. The summed E-state index contributed by atoms with van der Waals surface area (Å²) in [7, 11) is 0. The molecule has 1 aliphatic heterocycles. The van der Waals surface area contributed by atoms with E-state index in [1.807, 2.05) is 18.2 Å². The van der Waals surface area contributed by atoms with Crippen LogP contribution in [0.25, 0.3) is 0 Å². The van der Waals surface area contributed by atoms with E-state index in [1.165, 1.54) is 30.3 Å². The summed E-state index contributed by atoms with van der Waals surface area (Å²) in [5.41, 5.74) is 0.988. The predicted molar refractivity (Wildman–Crippen MR) is 114 cm³/mol. The zero-order chi connectivity index (χ0) is 23.0. The molecule has 1 aliphatic rings. The first-order chi connectivity index (χ1) is 16.1. The van der Waals surface area contributed by atoms with Crippen LogP contribution in [-0.4, -0.2) is 38.2 Å². The minimum Gasteiger partial charge on any atom is -0.486 e. The van der Waals surface area contributed by atoms with Crippen molar-refractivity contribution in [2.45, 2.75) is 13.0 Å². The van der Waals surface area contributed by atoms with Gasteiger partial charge in [0.1, 0.15) is 37.1 Å². The molecule has 9 heteroatoms. The third kappa shape index (κ3) is 6.25. The Kier molecular flexibility index (Phi) is 7.09. The SMILES string of the molecule is O=C(COC(=O)c1ccc(COc2ccc(F)cc2)o1)NCCc1ccc2c(c1)OCCO2. The molecule has 1 N–H and O–H groups in total. The fourth-order valence-corrected chi connectivity index (χ4v) is 3.09. The van der Waals surface area contributed by atoms with Gasteiger partial charge in [0, 0.05) is 6.54 Å². The van der Waals surface area contributed by atoms with E-state index in [-0.39, 0.29) is 18.2 Å². The van der Waals surface area contributed by atoms with Gasteiger partial charge in [0.15, 0.2) is 18.1 Å². The lowest BCUT2D eigenvalue weighted by Crippen LogP contribution is -2.30. The van der Waals surface area contributed by atoms with Gasteiger partial charge in [-0.3, -0.25) is 4.79 Å². The molecule has 0 bridgehead atoms. The zero-order valence-electron chi connectivity index (χ0n) is 17.7. The van der Waals surface area contributed by atoms with Crippen molar-refractivity contribution < 1.29 is 37.3 Å². The number of hydrogen-bond acceptors (Lipinski definition) is 7. The Morgan fingerprint density at radius 2 is 1.76 bits per heavy atom. The molecule has 1 amide bonds. The minimum atomic E-state index is -0.759. The molecule has 0 fully saturated rings. The molecule has 8 nitrogen and oxygen atoms in total. The van der Waals surface area contributed by atoms with Crippen LogP contribution in [0.3, 0.4) is 0 Å². The van der Waals surface area contributed by atoms with E-state index in [9.17, 15) is 14.0 Å². The number of ether oxygens (including phenoxy) is 4. The molecular formula is C24H22FNO7. The van der Waals surface area contributed by atoms with Crippen molar-refractivity contribution in [3.05, 3.63) is 77.5 Å². The molecule has 0 aliphatic carbocycles. The number of fused-ring (bicyclic) bond motifs is 1. The van der Waals surface area contributed by atoms with Gasteiger partial charge in [-0.25, -0.2) is 9.18 Å². The summed E-state index contributed by atoms with van der Waals surface area (Å²) in [6.45, 7) is 1.05. The van der Waals surface area contributed by atoms with E-state index >= 15 is 0 Å². The van der Waals surface area contributed by atoms with Crippen LogP contribution in [-0.2, 0) is 22.6 Å². The predicted octanol–water partition coefficient (Wildman–Crippen LogP) is 3.28. The van der Waals surface area contributed by atoms with E-state index in [2.05, 4.69) is 5.32 Å². The summed E-state index contributed by atoms with van der Waals surface area (Å²) in [6, 6.07) is 14.2. The second-order valence-corrected chi connectivity index (χ2v) is 7.16. The number of esters is 1. The Morgan fingerprint density at radius 1 is 0.970 bits per heavy atom. The highest BCUT2D eigenvalue weighted by molar-refractivity contribution is 5.88. The van der Waals surface area contributed by atoms with Crippen LogP contribution in [0.5, 0.6) is 17.2 Å². The highest BCUT2D eigenvalue weighted by atomic mass is 19.1. The van der Waals surface area contributed by atoms with Gasteiger partial charge < -0.3 is 28.7 Å². The quantitative estimate of drug-likeness (QED) is 0.495. The van der Waals surface area contributed by atoms with Crippen LogP contribution in [0.2, 0.25) is 0 Å². The molecule has 0 unspecified atom stereocenters. The number of rotatable bonds is 9. The molecule has 2 aromatic carbocycles. The maximum Gasteiger partial charge on any atom is 0.374 e. The van der Waals surface area contributed by atoms with E-state index in [1.54, 1.807) is 6.07 Å². The van der Waals surface area contributed by atoms with Gasteiger partial charge in [0.25, 0.3) is 5.91 Å². The fraction of sp³-hybridized carbons (Fsp3) is 0.250. The number of carbonyl (C=O) groups is 2. The van der Waals surface area contributed by atoms with Crippen molar-refractivity contribution in [3.8, 4) is 17.2 Å². The van der Waals surface area contributed by atoms with Crippen molar-refractivity contribution in [2.24, 2.45) is 0 Å². The van der Waals surface area contributed by atoms with Crippen molar-refractivity contribution in [2.75, 3.05) is 26.4 Å². The van der Waals surface area contributed by atoms with Gasteiger partial charge in [-0.2, -0.15) is 0 Å². The number of benzene rings is 2. The van der Waals surface area contributed by atoms with Crippen LogP contribution < -0.4 is 19.5 Å². The van der Waals surface area contributed by atoms with Gasteiger partial charge in [0.05, 0.1) is 0 Å². The Bertz CT molecular complexity index is 1110. The number of furan rings is 1. The molecule has 2 heterocycles. The Balaban J connectivity index is 1.16. The van der Waals surface area contributed by atoms with Gasteiger partial charge in [0.2, 0.25) is 5.76 Å². The second-order valence-electron chi connectivity index (χ2n) is 7.16. The lowest BCUT2D eigenvalue weighted by molar-refractivity contribution is -0.124. The smallest absolute Gasteiger partial charge is 0.374 e. The standard InChI is InChI=1S/C24H22FNO7/c25-17-2-4-18(5-3-17)31-14-19-6-8-21(33-19)24(28)32-15-23(27)26-10-9-16-1-7-20-22(13-16)30-12-11-29-20/h1-8,13H,9-12,14-15H2,(H,26,27). The number of nitrogens with one attached hydrogen (secondary N) is 1. The van der Waals surface area contributed by atoms with E-state index < -0.39 is 18.5 Å². The average Bonchev–Trinajstić information content (AvgIpc) is 3.31. The molecule has 0 radical (unpaired) electrons.